The molecule has 3 nitrogen and oxygen atoms in total. The molecular weight excluding hydrogens is 219 g/mol. The predicted molar refractivity (Wildman–Crippen MR) is 54.0 cm³/mol. The van der Waals surface area contributed by atoms with E-state index in [1.807, 2.05) is 6.92 Å². The molecule has 0 amide bonds. The van der Waals surface area contributed by atoms with Crippen LogP contribution in [0.15, 0.2) is 18.3 Å². The number of hydrogen-bond acceptors (Lipinski definition) is 3. The van der Waals surface area contributed by atoms with Crippen molar-refractivity contribution >= 4 is 5.82 Å². The maximum atomic E-state index is 12.4. The molecule has 88 valence electrons. The Balaban J connectivity index is 2.18. The molecule has 0 saturated carbocycles. The Kier molecular flexibility index (Phi) is 2.34. The van der Waals surface area contributed by atoms with E-state index in [1.54, 1.807) is 4.90 Å². The molecule has 0 radical (unpaired) electrons. The second-order valence-electron chi connectivity index (χ2n) is 4.41. The number of alkyl halides is 3. The summed E-state index contributed by atoms with van der Waals surface area (Å²) < 4.78 is 37.3. The normalized spacial score (nSPS) is 19.4. The topological polar surface area (TPSA) is 42.1 Å². The number of anilines is 1. The van der Waals surface area contributed by atoms with Gasteiger partial charge in [-0.1, -0.05) is 0 Å². The fourth-order valence-corrected chi connectivity index (χ4v) is 1.76. The fourth-order valence-electron chi connectivity index (χ4n) is 1.76. The van der Waals surface area contributed by atoms with E-state index >= 15 is 0 Å². The van der Waals surface area contributed by atoms with Gasteiger partial charge in [0, 0.05) is 24.8 Å². The van der Waals surface area contributed by atoms with Gasteiger partial charge in [-0.2, -0.15) is 13.2 Å². The SMILES string of the molecule is CC1(N)CN(c2cc(C(F)(F)F)ccn2)C1. The summed E-state index contributed by atoms with van der Waals surface area (Å²) in [5, 5.41) is 0. The van der Waals surface area contributed by atoms with Crippen LogP contribution in [0.25, 0.3) is 0 Å². The van der Waals surface area contributed by atoms with Gasteiger partial charge in [-0.05, 0) is 19.1 Å². The minimum atomic E-state index is -4.32. The van der Waals surface area contributed by atoms with Crippen LogP contribution in [-0.4, -0.2) is 23.6 Å². The first kappa shape index (κ1) is 11.2. The molecule has 0 aliphatic carbocycles. The number of nitrogens with zero attached hydrogens (tertiary/aromatic N) is 2. The van der Waals surface area contributed by atoms with Gasteiger partial charge in [0.1, 0.15) is 5.82 Å². The number of pyridine rings is 1. The summed E-state index contributed by atoms with van der Waals surface area (Å²) in [6.45, 7) is 2.92. The number of rotatable bonds is 1. The Morgan fingerprint density at radius 2 is 2.06 bits per heavy atom. The number of hydrogen-bond donors (Lipinski definition) is 1. The smallest absolute Gasteiger partial charge is 0.353 e. The highest BCUT2D eigenvalue weighted by Crippen LogP contribution is 2.32. The molecule has 16 heavy (non-hydrogen) atoms. The summed E-state index contributed by atoms with van der Waals surface area (Å²) >= 11 is 0. The van der Waals surface area contributed by atoms with E-state index in [0.717, 1.165) is 12.1 Å². The molecule has 2 N–H and O–H groups in total. The highest BCUT2D eigenvalue weighted by molar-refractivity contribution is 5.46. The highest BCUT2D eigenvalue weighted by atomic mass is 19.4. The first-order valence-corrected chi connectivity index (χ1v) is 4.85. The van der Waals surface area contributed by atoms with Gasteiger partial charge in [-0.25, -0.2) is 4.98 Å². The molecule has 1 aromatic heterocycles. The number of halogens is 3. The van der Waals surface area contributed by atoms with Gasteiger partial charge in [-0.3, -0.25) is 0 Å². The highest BCUT2D eigenvalue weighted by Gasteiger charge is 2.37. The quantitative estimate of drug-likeness (QED) is 0.798. The zero-order valence-electron chi connectivity index (χ0n) is 8.75. The summed E-state index contributed by atoms with van der Waals surface area (Å²) in [6, 6.07) is 2.01. The maximum Gasteiger partial charge on any atom is 0.416 e. The lowest BCUT2D eigenvalue weighted by molar-refractivity contribution is -0.137. The molecule has 1 saturated heterocycles. The molecule has 1 aromatic rings. The lowest BCUT2D eigenvalue weighted by atomic mass is 9.94. The zero-order valence-corrected chi connectivity index (χ0v) is 8.75. The van der Waals surface area contributed by atoms with Gasteiger partial charge in [0.05, 0.1) is 5.56 Å². The molecule has 0 bridgehead atoms. The molecule has 2 heterocycles. The van der Waals surface area contributed by atoms with Crippen LogP contribution in [0.3, 0.4) is 0 Å². The van der Waals surface area contributed by atoms with Crippen molar-refractivity contribution in [2.24, 2.45) is 5.73 Å². The monoisotopic (exact) mass is 231 g/mol. The third-order valence-electron chi connectivity index (χ3n) is 2.50. The average molecular weight is 231 g/mol. The number of nitrogens with two attached hydrogens (primary N) is 1. The van der Waals surface area contributed by atoms with Gasteiger partial charge in [0.25, 0.3) is 0 Å². The average Bonchev–Trinajstić information content (AvgIpc) is 2.13. The summed E-state index contributed by atoms with van der Waals surface area (Å²) in [5.41, 5.74) is 4.78. The van der Waals surface area contributed by atoms with E-state index in [4.69, 9.17) is 5.73 Å². The zero-order chi connectivity index (χ0) is 12.0. The van der Waals surface area contributed by atoms with Crippen molar-refractivity contribution in [2.45, 2.75) is 18.6 Å². The molecule has 0 spiro atoms. The van der Waals surface area contributed by atoms with E-state index in [1.165, 1.54) is 6.20 Å². The minimum absolute atomic E-state index is 0.323. The van der Waals surface area contributed by atoms with Crippen LogP contribution in [0.2, 0.25) is 0 Å². The Morgan fingerprint density at radius 1 is 1.44 bits per heavy atom. The molecule has 0 aromatic carbocycles. The van der Waals surface area contributed by atoms with E-state index in [2.05, 4.69) is 4.98 Å². The Hall–Kier alpha value is -1.30. The van der Waals surface area contributed by atoms with Crippen LogP contribution in [0.4, 0.5) is 19.0 Å². The second kappa shape index (κ2) is 3.35. The lowest BCUT2D eigenvalue weighted by Crippen LogP contribution is -2.65. The van der Waals surface area contributed by atoms with Crippen molar-refractivity contribution in [2.75, 3.05) is 18.0 Å². The van der Waals surface area contributed by atoms with Gasteiger partial charge in [0.15, 0.2) is 0 Å². The van der Waals surface area contributed by atoms with Gasteiger partial charge in [-0.15, -0.1) is 0 Å². The number of aromatic nitrogens is 1. The summed E-state index contributed by atoms with van der Waals surface area (Å²) in [4.78, 5) is 5.64. The molecule has 1 aliphatic heterocycles. The van der Waals surface area contributed by atoms with E-state index in [0.29, 0.717) is 18.9 Å². The van der Waals surface area contributed by atoms with Crippen LogP contribution >= 0.6 is 0 Å². The Bertz CT molecular complexity index is 393. The van der Waals surface area contributed by atoms with Crippen LogP contribution in [0.1, 0.15) is 12.5 Å². The van der Waals surface area contributed by atoms with Gasteiger partial charge >= 0.3 is 6.18 Å². The summed E-state index contributed by atoms with van der Waals surface area (Å²) in [6.07, 6.45) is -3.15. The summed E-state index contributed by atoms with van der Waals surface area (Å²) in [7, 11) is 0. The predicted octanol–water partition coefficient (Wildman–Crippen LogP) is 1.64. The Morgan fingerprint density at radius 3 is 2.56 bits per heavy atom. The van der Waals surface area contributed by atoms with E-state index in [9.17, 15) is 13.2 Å². The molecule has 2 rings (SSSR count). The fraction of sp³-hybridized carbons (Fsp3) is 0.500. The molecule has 1 fully saturated rings. The molecular formula is C10H12F3N3. The van der Waals surface area contributed by atoms with Crippen LogP contribution < -0.4 is 10.6 Å². The van der Waals surface area contributed by atoms with Gasteiger partial charge in [0.2, 0.25) is 0 Å². The summed E-state index contributed by atoms with van der Waals surface area (Å²) in [5.74, 6) is 0.331. The van der Waals surface area contributed by atoms with E-state index in [-0.39, 0.29) is 5.54 Å². The minimum Gasteiger partial charge on any atom is -0.353 e. The molecule has 1 aliphatic rings. The van der Waals surface area contributed by atoms with Crippen molar-refractivity contribution in [3.8, 4) is 0 Å². The Labute approximate surface area is 91.1 Å². The lowest BCUT2D eigenvalue weighted by Gasteiger charge is -2.46. The van der Waals surface area contributed by atoms with Crippen LogP contribution in [-0.2, 0) is 6.18 Å². The van der Waals surface area contributed by atoms with Crippen molar-refractivity contribution in [3.05, 3.63) is 23.9 Å². The van der Waals surface area contributed by atoms with Gasteiger partial charge < -0.3 is 10.6 Å². The molecule has 0 atom stereocenters. The third kappa shape index (κ3) is 2.11. The van der Waals surface area contributed by atoms with Crippen molar-refractivity contribution in [1.82, 2.24) is 4.98 Å². The standard InChI is InChI=1S/C10H12F3N3/c1-9(14)5-16(6-9)8-4-7(2-3-15-8)10(11,12)13/h2-4H,5-6,14H2,1H3. The van der Waals surface area contributed by atoms with Crippen LogP contribution in [0, 0.1) is 0 Å². The maximum absolute atomic E-state index is 12.4. The third-order valence-corrected chi connectivity index (χ3v) is 2.50. The van der Waals surface area contributed by atoms with Crippen LogP contribution in [0.5, 0.6) is 0 Å². The van der Waals surface area contributed by atoms with Crippen molar-refractivity contribution in [1.29, 1.82) is 0 Å². The first-order chi connectivity index (χ1) is 7.28. The van der Waals surface area contributed by atoms with Crippen molar-refractivity contribution < 1.29 is 13.2 Å². The largest absolute Gasteiger partial charge is 0.416 e. The van der Waals surface area contributed by atoms with Crippen molar-refractivity contribution in [3.63, 3.8) is 0 Å². The molecule has 0 unspecified atom stereocenters. The van der Waals surface area contributed by atoms with E-state index < -0.39 is 11.7 Å². The first-order valence-electron chi connectivity index (χ1n) is 4.85. The second-order valence-corrected chi connectivity index (χ2v) is 4.41. The molecule has 6 heteroatoms.